The van der Waals surface area contributed by atoms with E-state index in [0.717, 1.165) is 34.8 Å². The summed E-state index contributed by atoms with van der Waals surface area (Å²) in [6, 6.07) is 10.4. The molecule has 4 aromatic heterocycles. The van der Waals surface area contributed by atoms with Gasteiger partial charge in [-0.05, 0) is 37.1 Å². The fourth-order valence-electron chi connectivity index (χ4n) is 3.65. The predicted molar refractivity (Wildman–Crippen MR) is 119 cm³/mol. The van der Waals surface area contributed by atoms with Gasteiger partial charge >= 0.3 is 0 Å². The number of aromatic amines is 1. The van der Waals surface area contributed by atoms with E-state index in [0.29, 0.717) is 18.8 Å². The lowest BCUT2D eigenvalue weighted by molar-refractivity contribution is 0.307. The molecular formula is C23H23N7O. The molecule has 0 unspecified atom stereocenters. The van der Waals surface area contributed by atoms with Crippen molar-refractivity contribution in [2.24, 2.45) is 0 Å². The molecule has 4 heterocycles. The monoisotopic (exact) mass is 413 g/mol. The Labute approximate surface area is 179 Å². The number of nitrogens with zero attached hydrogens (tertiary/aromatic N) is 5. The zero-order chi connectivity index (χ0) is 21.2. The standard InChI is InChI=1S/C23H23N7O/c1-15-5-6-16(2)17(10-15)12-31-19-4-3-9-30-18(11-25-23(19)30)7-8-24-21-20-22(27-13-26-20)29-14-28-21/h3-6,9-11,13-14H,7-8,12H2,1-2H3,(H2,24,26,27,28,29). The van der Waals surface area contributed by atoms with Gasteiger partial charge in [-0.1, -0.05) is 23.8 Å². The number of fused-ring (bicyclic) bond motifs is 2. The SMILES string of the molecule is Cc1ccc(C)c(COc2cccn3c(CCNc4ncnc5nc[nH]c45)cnc23)c1. The van der Waals surface area contributed by atoms with Gasteiger partial charge in [-0.15, -0.1) is 0 Å². The topological polar surface area (TPSA) is 93.0 Å². The summed E-state index contributed by atoms with van der Waals surface area (Å²) in [5, 5.41) is 3.35. The average molecular weight is 413 g/mol. The van der Waals surface area contributed by atoms with Crippen LogP contribution in [0, 0.1) is 13.8 Å². The molecule has 0 aliphatic carbocycles. The van der Waals surface area contributed by atoms with E-state index in [9.17, 15) is 0 Å². The summed E-state index contributed by atoms with van der Waals surface area (Å²) in [6.07, 6.45) is 7.82. The number of H-pyrrole nitrogens is 1. The number of aromatic nitrogens is 6. The summed E-state index contributed by atoms with van der Waals surface area (Å²) >= 11 is 0. The first-order chi connectivity index (χ1) is 15.2. The number of aryl methyl sites for hydroxylation is 2. The highest BCUT2D eigenvalue weighted by atomic mass is 16.5. The number of pyridine rings is 1. The Bertz CT molecular complexity index is 1350. The second kappa shape index (κ2) is 8.06. The van der Waals surface area contributed by atoms with Crippen molar-refractivity contribution < 1.29 is 4.74 Å². The molecule has 5 rings (SSSR count). The van der Waals surface area contributed by atoms with Gasteiger partial charge in [0, 0.05) is 31.1 Å². The van der Waals surface area contributed by atoms with Gasteiger partial charge in [0.25, 0.3) is 0 Å². The van der Waals surface area contributed by atoms with Crippen molar-refractivity contribution in [2.75, 3.05) is 11.9 Å². The van der Waals surface area contributed by atoms with Crippen molar-refractivity contribution in [1.82, 2.24) is 29.3 Å². The summed E-state index contributed by atoms with van der Waals surface area (Å²) in [5.74, 6) is 1.52. The molecule has 0 saturated carbocycles. The van der Waals surface area contributed by atoms with Crippen LogP contribution >= 0.6 is 0 Å². The molecule has 0 radical (unpaired) electrons. The van der Waals surface area contributed by atoms with Crippen molar-refractivity contribution in [3.63, 3.8) is 0 Å². The molecule has 0 saturated heterocycles. The smallest absolute Gasteiger partial charge is 0.182 e. The highest BCUT2D eigenvalue weighted by Gasteiger charge is 2.10. The summed E-state index contributed by atoms with van der Waals surface area (Å²) < 4.78 is 8.22. The largest absolute Gasteiger partial charge is 0.485 e. The fourth-order valence-corrected chi connectivity index (χ4v) is 3.65. The van der Waals surface area contributed by atoms with E-state index in [4.69, 9.17) is 4.74 Å². The number of hydrogen-bond donors (Lipinski definition) is 2. The maximum absolute atomic E-state index is 6.14. The van der Waals surface area contributed by atoms with E-state index in [1.54, 1.807) is 6.33 Å². The van der Waals surface area contributed by atoms with Gasteiger partial charge in [-0.3, -0.25) is 0 Å². The second-order valence-corrected chi connectivity index (χ2v) is 7.53. The zero-order valence-electron chi connectivity index (χ0n) is 17.5. The first-order valence-corrected chi connectivity index (χ1v) is 10.2. The minimum Gasteiger partial charge on any atom is -0.485 e. The third kappa shape index (κ3) is 3.79. The Morgan fingerprint density at radius 2 is 2.03 bits per heavy atom. The van der Waals surface area contributed by atoms with Crippen LogP contribution in [-0.4, -0.2) is 35.9 Å². The lowest BCUT2D eigenvalue weighted by Crippen LogP contribution is -2.08. The van der Waals surface area contributed by atoms with Gasteiger partial charge in [-0.2, -0.15) is 0 Å². The van der Waals surface area contributed by atoms with Crippen LogP contribution in [0.25, 0.3) is 16.8 Å². The van der Waals surface area contributed by atoms with Crippen LogP contribution in [0.3, 0.4) is 0 Å². The first-order valence-electron chi connectivity index (χ1n) is 10.2. The molecule has 8 heteroatoms. The quantitative estimate of drug-likeness (QED) is 0.421. The Balaban J connectivity index is 1.30. The highest BCUT2D eigenvalue weighted by molar-refractivity contribution is 5.81. The van der Waals surface area contributed by atoms with E-state index in [1.165, 1.54) is 23.0 Å². The summed E-state index contributed by atoms with van der Waals surface area (Å²) in [5.41, 5.74) is 7.02. The fraction of sp³-hybridized carbons (Fsp3) is 0.217. The van der Waals surface area contributed by atoms with Gasteiger partial charge in [0.2, 0.25) is 0 Å². The molecular weight excluding hydrogens is 390 g/mol. The van der Waals surface area contributed by atoms with Gasteiger partial charge < -0.3 is 19.4 Å². The van der Waals surface area contributed by atoms with Crippen molar-refractivity contribution >= 4 is 22.6 Å². The number of anilines is 1. The Morgan fingerprint density at radius 3 is 2.97 bits per heavy atom. The zero-order valence-corrected chi connectivity index (χ0v) is 17.5. The third-order valence-corrected chi connectivity index (χ3v) is 5.36. The van der Waals surface area contributed by atoms with E-state index >= 15 is 0 Å². The summed E-state index contributed by atoms with van der Waals surface area (Å²) in [6.45, 7) is 5.42. The van der Waals surface area contributed by atoms with Gasteiger partial charge in [0.15, 0.2) is 22.9 Å². The number of benzene rings is 1. The Morgan fingerprint density at radius 1 is 1.10 bits per heavy atom. The van der Waals surface area contributed by atoms with Crippen LogP contribution in [0.1, 0.15) is 22.4 Å². The van der Waals surface area contributed by atoms with Gasteiger partial charge in [-0.25, -0.2) is 19.9 Å². The van der Waals surface area contributed by atoms with Crippen LogP contribution < -0.4 is 10.1 Å². The van der Waals surface area contributed by atoms with E-state index in [2.05, 4.69) is 66.7 Å². The minimum absolute atomic E-state index is 0.519. The number of ether oxygens (including phenoxy) is 1. The molecule has 0 spiro atoms. The number of hydrogen-bond acceptors (Lipinski definition) is 6. The number of imidazole rings is 2. The third-order valence-electron chi connectivity index (χ3n) is 5.36. The molecule has 31 heavy (non-hydrogen) atoms. The van der Waals surface area contributed by atoms with E-state index < -0.39 is 0 Å². The number of nitrogens with one attached hydrogen (secondary N) is 2. The molecule has 156 valence electrons. The molecule has 0 aliphatic heterocycles. The highest BCUT2D eigenvalue weighted by Crippen LogP contribution is 2.22. The van der Waals surface area contributed by atoms with Gasteiger partial charge in [0.05, 0.1) is 6.33 Å². The maximum atomic E-state index is 6.14. The second-order valence-electron chi connectivity index (χ2n) is 7.53. The Hall–Kier alpha value is -3.94. The van der Waals surface area contributed by atoms with Crippen LogP contribution in [0.4, 0.5) is 5.82 Å². The van der Waals surface area contributed by atoms with Crippen molar-refractivity contribution in [1.29, 1.82) is 0 Å². The molecule has 1 aromatic carbocycles. The molecule has 0 aliphatic rings. The maximum Gasteiger partial charge on any atom is 0.182 e. The van der Waals surface area contributed by atoms with Crippen LogP contribution in [0.2, 0.25) is 0 Å². The first kappa shape index (κ1) is 19.0. The molecule has 2 N–H and O–H groups in total. The van der Waals surface area contributed by atoms with E-state index in [-0.39, 0.29) is 0 Å². The minimum atomic E-state index is 0.519. The van der Waals surface area contributed by atoms with Crippen LogP contribution in [0.5, 0.6) is 5.75 Å². The van der Waals surface area contributed by atoms with Crippen molar-refractivity contribution in [3.8, 4) is 5.75 Å². The summed E-state index contributed by atoms with van der Waals surface area (Å²) in [4.78, 5) is 20.3. The predicted octanol–water partition coefficient (Wildman–Crippen LogP) is 3.85. The Kier molecular flexibility index (Phi) is 4.95. The van der Waals surface area contributed by atoms with Crippen LogP contribution in [-0.2, 0) is 13.0 Å². The normalized spacial score (nSPS) is 11.3. The summed E-state index contributed by atoms with van der Waals surface area (Å²) in [7, 11) is 0. The molecule has 0 atom stereocenters. The molecule has 0 amide bonds. The lowest BCUT2D eigenvalue weighted by Gasteiger charge is -2.11. The molecule has 0 fully saturated rings. The van der Waals surface area contributed by atoms with Crippen molar-refractivity contribution in [3.05, 3.63) is 77.8 Å². The van der Waals surface area contributed by atoms with Crippen LogP contribution in [0.15, 0.2) is 55.4 Å². The van der Waals surface area contributed by atoms with E-state index in [1.807, 2.05) is 24.5 Å². The molecule has 0 bridgehead atoms. The molecule has 8 nitrogen and oxygen atoms in total. The van der Waals surface area contributed by atoms with Gasteiger partial charge in [0.1, 0.15) is 18.5 Å². The average Bonchev–Trinajstić information content (AvgIpc) is 3.42. The molecule has 5 aromatic rings. The van der Waals surface area contributed by atoms with Crippen molar-refractivity contribution in [2.45, 2.75) is 26.9 Å². The lowest BCUT2D eigenvalue weighted by atomic mass is 10.1. The number of rotatable bonds is 7.